The van der Waals surface area contributed by atoms with Gasteiger partial charge >= 0.3 is 0 Å². The molecule has 29 heavy (non-hydrogen) atoms. The highest BCUT2D eigenvalue weighted by Crippen LogP contribution is 2.21. The van der Waals surface area contributed by atoms with E-state index in [0.29, 0.717) is 37.9 Å². The first-order valence-corrected chi connectivity index (χ1v) is 9.98. The summed E-state index contributed by atoms with van der Waals surface area (Å²) in [6.45, 7) is 10.3. The number of carbonyl (C=O) groups is 1. The number of nitrogens with one attached hydrogen (secondary N) is 3. The second-order valence-electron chi connectivity index (χ2n) is 6.69. The molecule has 0 saturated heterocycles. The molecule has 1 aromatic carbocycles. The number of guanidine groups is 1. The van der Waals surface area contributed by atoms with E-state index in [1.54, 1.807) is 12.3 Å². The van der Waals surface area contributed by atoms with E-state index in [1.165, 1.54) is 0 Å². The van der Waals surface area contributed by atoms with Gasteiger partial charge in [-0.05, 0) is 51.0 Å². The zero-order valence-electron chi connectivity index (χ0n) is 17.7. The number of pyridine rings is 1. The minimum absolute atomic E-state index is 0.0955. The molecule has 1 heterocycles. The minimum Gasteiger partial charge on any atom is -0.494 e. The maximum absolute atomic E-state index is 12.1. The molecule has 1 aromatic heterocycles. The molecule has 0 bridgehead atoms. The number of aryl methyl sites for hydroxylation is 2. The van der Waals surface area contributed by atoms with Gasteiger partial charge in [0.1, 0.15) is 11.6 Å². The van der Waals surface area contributed by atoms with Crippen molar-refractivity contribution < 1.29 is 9.53 Å². The monoisotopic (exact) mass is 397 g/mol. The van der Waals surface area contributed by atoms with Crippen molar-refractivity contribution in [3.8, 4) is 5.75 Å². The Morgan fingerprint density at radius 1 is 1.10 bits per heavy atom. The number of aromatic nitrogens is 1. The molecule has 0 aliphatic carbocycles. The van der Waals surface area contributed by atoms with Crippen molar-refractivity contribution in [1.29, 1.82) is 0 Å². The van der Waals surface area contributed by atoms with Crippen LogP contribution in [0.5, 0.6) is 5.75 Å². The van der Waals surface area contributed by atoms with Gasteiger partial charge in [-0.1, -0.05) is 18.2 Å². The van der Waals surface area contributed by atoms with Crippen molar-refractivity contribution in [3.05, 3.63) is 53.2 Å². The average molecular weight is 398 g/mol. The molecule has 156 valence electrons. The summed E-state index contributed by atoms with van der Waals surface area (Å²) in [5.41, 5.74) is 3.23. The van der Waals surface area contributed by atoms with Gasteiger partial charge in [0.05, 0.1) is 13.2 Å². The molecule has 1 amide bonds. The number of aliphatic imine (C=N–C) groups is 1. The zero-order chi connectivity index (χ0) is 21.1. The number of ether oxygens (including phenoxy) is 1. The highest BCUT2D eigenvalue weighted by atomic mass is 16.5. The number of anilines is 1. The number of hydrogen-bond acceptors (Lipinski definition) is 4. The molecule has 0 aliphatic heterocycles. The Bertz CT molecular complexity index is 818. The van der Waals surface area contributed by atoms with Crippen molar-refractivity contribution in [2.45, 2.75) is 40.7 Å². The van der Waals surface area contributed by atoms with Crippen LogP contribution in [-0.2, 0) is 11.3 Å². The molecule has 7 heteroatoms. The van der Waals surface area contributed by atoms with E-state index in [4.69, 9.17) is 4.74 Å². The first-order chi connectivity index (χ1) is 14.0. The Balaban J connectivity index is 1.89. The molecule has 7 nitrogen and oxygen atoms in total. The quantitative estimate of drug-likeness (QED) is 0.447. The van der Waals surface area contributed by atoms with Gasteiger partial charge in [0.2, 0.25) is 5.91 Å². The molecule has 0 spiro atoms. The summed E-state index contributed by atoms with van der Waals surface area (Å²) in [7, 11) is 0. The summed E-state index contributed by atoms with van der Waals surface area (Å²) in [6.07, 6.45) is 2.04. The van der Waals surface area contributed by atoms with Crippen molar-refractivity contribution >= 4 is 17.7 Å². The second kappa shape index (κ2) is 11.7. The largest absolute Gasteiger partial charge is 0.494 e. The van der Waals surface area contributed by atoms with Gasteiger partial charge in [0, 0.05) is 31.3 Å². The van der Waals surface area contributed by atoms with Crippen molar-refractivity contribution in [3.63, 3.8) is 0 Å². The first-order valence-electron chi connectivity index (χ1n) is 9.98. The van der Waals surface area contributed by atoms with E-state index in [0.717, 1.165) is 29.0 Å². The van der Waals surface area contributed by atoms with Crippen LogP contribution >= 0.6 is 0 Å². The maximum Gasteiger partial charge on any atom is 0.227 e. The standard InChI is InChI=1S/C22H31N5O2/c1-5-23-22(26-15-18-9-7-16(3)13-19(18)29-6-2)24-12-11-21(28)27-20-10-8-17(4)14-25-20/h7-10,13-14H,5-6,11-12,15H2,1-4H3,(H2,23,24,26)(H,25,27,28). The molecule has 0 saturated carbocycles. The van der Waals surface area contributed by atoms with Crippen LogP contribution in [0.25, 0.3) is 0 Å². The molecule has 0 radical (unpaired) electrons. The summed E-state index contributed by atoms with van der Waals surface area (Å²) in [5, 5.41) is 9.19. The van der Waals surface area contributed by atoms with E-state index >= 15 is 0 Å². The molecule has 0 aliphatic rings. The number of benzene rings is 1. The predicted octanol–water partition coefficient (Wildman–Crippen LogP) is 3.18. The van der Waals surface area contributed by atoms with Gasteiger partial charge < -0.3 is 20.7 Å². The minimum atomic E-state index is -0.0955. The molecular weight excluding hydrogens is 366 g/mol. The lowest BCUT2D eigenvalue weighted by Gasteiger charge is -2.13. The van der Waals surface area contributed by atoms with Crippen LogP contribution in [0.3, 0.4) is 0 Å². The summed E-state index contributed by atoms with van der Waals surface area (Å²) in [5.74, 6) is 1.99. The predicted molar refractivity (Wildman–Crippen MR) is 117 cm³/mol. The summed E-state index contributed by atoms with van der Waals surface area (Å²) >= 11 is 0. The van der Waals surface area contributed by atoms with Crippen molar-refractivity contribution in [2.24, 2.45) is 4.99 Å². The van der Waals surface area contributed by atoms with Gasteiger partial charge in [0.15, 0.2) is 5.96 Å². The van der Waals surface area contributed by atoms with Crippen LogP contribution in [0, 0.1) is 13.8 Å². The van der Waals surface area contributed by atoms with Crippen molar-refractivity contribution in [2.75, 3.05) is 25.0 Å². The summed E-state index contributed by atoms with van der Waals surface area (Å²) in [6, 6.07) is 9.83. The third-order valence-corrected chi connectivity index (χ3v) is 4.10. The fourth-order valence-electron chi connectivity index (χ4n) is 2.63. The highest BCUT2D eigenvalue weighted by molar-refractivity contribution is 5.90. The molecular formula is C22H31N5O2. The molecule has 3 N–H and O–H groups in total. The van der Waals surface area contributed by atoms with Gasteiger partial charge in [-0.3, -0.25) is 4.79 Å². The molecule has 2 aromatic rings. The molecule has 0 unspecified atom stereocenters. The zero-order valence-corrected chi connectivity index (χ0v) is 17.7. The molecule has 0 atom stereocenters. The molecule has 2 rings (SSSR count). The Labute approximate surface area is 173 Å². The van der Waals surface area contributed by atoms with Crippen LogP contribution in [0.4, 0.5) is 5.82 Å². The Morgan fingerprint density at radius 2 is 1.90 bits per heavy atom. The van der Waals surface area contributed by atoms with E-state index < -0.39 is 0 Å². The third kappa shape index (κ3) is 7.81. The Morgan fingerprint density at radius 3 is 2.59 bits per heavy atom. The Hall–Kier alpha value is -3.09. The van der Waals surface area contributed by atoms with Gasteiger partial charge in [-0.2, -0.15) is 0 Å². The van der Waals surface area contributed by atoms with Crippen LogP contribution in [0.1, 0.15) is 37.0 Å². The SMILES string of the molecule is CCNC(=NCc1ccc(C)cc1OCC)NCCC(=O)Nc1ccc(C)cn1. The highest BCUT2D eigenvalue weighted by Gasteiger charge is 2.06. The fraction of sp³-hybridized carbons (Fsp3) is 0.409. The summed E-state index contributed by atoms with van der Waals surface area (Å²) in [4.78, 5) is 20.9. The third-order valence-electron chi connectivity index (χ3n) is 4.10. The topological polar surface area (TPSA) is 87.6 Å². The first kappa shape index (κ1) is 22.2. The normalized spacial score (nSPS) is 11.1. The van der Waals surface area contributed by atoms with Crippen molar-refractivity contribution in [1.82, 2.24) is 15.6 Å². The smallest absolute Gasteiger partial charge is 0.227 e. The van der Waals surface area contributed by atoms with E-state index in [2.05, 4.69) is 32.0 Å². The lowest BCUT2D eigenvalue weighted by Crippen LogP contribution is -2.38. The fourth-order valence-corrected chi connectivity index (χ4v) is 2.63. The van der Waals surface area contributed by atoms with Crippen LogP contribution in [0.2, 0.25) is 0 Å². The van der Waals surface area contributed by atoms with Gasteiger partial charge in [0.25, 0.3) is 0 Å². The lowest BCUT2D eigenvalue weighted by atomic mass is 10.1. The van der Waals surface area contributed by atoms with Crippen LogP contribution in [-0.4, -0.2) is 36.5 Å². The van der Waals surface area contributed by atoms with Crippen LogP contribution < -0.4 is 20.7 Å². The Kier molecular flexibility index (Phi) is 8.95. The van der Waals surface area contributed by atoms with E-state index in [-0.39, 0.29) is 5.91 Å². The number of nitrogens with zero attached hydrogens (tertiary/aromatic N) is 2. The number of carbonyl (C=O) groups excluding carboxylic acids is 1. The van der Waals surface area contributed by atoms with Gasteiger partial charge in [-0.25, -0.2) is 9.98 Å². The van der Waals surface area contributed by atoms with Crippen LogP contribution in [0.15, 0.2) is 41.5 Å². The second-order valence-corrected chi connectivity index (χ2v) is 6.69. The maximum atomic E-state index is 12.1. The number of amides is 1. The number of rotatable bonds is 9. The van der Waals surface area contributed by atoms with E-state index in [9.17, 15) is 4.79 Å². The summed E-state index contributed by atoms with van der Waals surface area (Å²) < 4.78 is 5.72. The van der Waals surface area contributed by atoms with Gasteiger partial charge in [-0.15, -0.1) is 0 Å². The lowest BCUT2D eigenvalue weighted by molar-refractivity contribution is -0.116. The number of hydrogen-bond donors (Lipinski definition) is 3. The average Bonchev–Trinajstić information content (AvgIpc) is 2.69. The molecule has 0 fully saturated rings. The van der Waals surface area contributed by atoms with E-state index in [1.807, 2.05) is 45.9 Å².